The average Bonchev–Trinajstić information content (AvgIpc) is 2.71. The summed E-state index contributed by atoms with van der Waals surface area (Å²) in [6, 6.07) is 0.472. The molecule has 2 saturated heterocycles. The molecule has 2 N–H and O–H groups in total. The molecule has 0 aromatic carbocycles. The molecule has 2 heterocycles. The third-order valence-electron chi connectivity index (χ3n) is 5.19. The number of nitrogens with zero attached hydrogens (tertiary/aromatic N) is 3. The lowest BCUT2D eigenvalue weighted by Crippen LogP contribution is -2.51. The van der Waals surface area contributed by atoms with Crippen LogP contribution >= 0.6 is 0 Å². The summed E-state index contributed by atoms with van der Waals surface area (Å²) in [7, 11) is 2.22. The largest absolute Gasteiger partial charge is 0.354 e. The number of hydrogen-bond acceptors (Lipinski definition) is 5. The second kappa shape index (κ2) is 17.2. The maximum absolute atomic E-state index is 12.0. The molecule has 168 valence electrons. The Hall–Kier alpha value is -0.690. The van der Waals surface area contributed by atoms with Gasteiger partial charge in [0, 0.05) is 51.9 Å². The third kappa shape index (κ3) is 12.7. The van der Waals surface area contributed by atoms with E-state index in [4.69, 9.17) is 0 Å². The molecule has 0 bridgehead atoms. The van der Waals surface area contributed by atoms with Crippen LogP contribution in [0, 0.1) is 5.92 Å². The number of rotatable bonds is 8. The molecule has 2 rings (SSSR count). The predicted molar refractivity (Wildman–Crippen MR) is 122 cm³/mol. The molecule has 0 aliphatic carbocycles. The lowest BCUT2D eigenvalue weighted by atomic mass is 9.96. The molecule has 2 fully saturated rings. The number of likely N-dealkylation sites (tertiary alicyclic amines) is 1. The molecule has 0 atom stereocenters. The highest BCUT2D eigenvalue weighted by Gasteiger charge is 2.23. The van der Waals surface area contributed by atoms with Crippen molar-refractivity contribution in [1.29, 1.82) is 0 Å². The first-order valence-corrected chi connectivity index (χ1v) is 11.7. The van der Waals surface area contributed by atoms with E-state index in [1.807, 2.05) is 27.7 Å². The molecule has 0 unspecified atom stereocenters. The van der Waals surface area contributed by atoms with Gasteiger partial charge in [0.1, 0.15) is 0 Å². The molecule has 2 aliphatic rings. The summed E-state index contributed by atoms with van der Waals surface area (Å²) >= 11 is 0. The van der Waals surface area contributed by atoms with Gasteiger partial charge in [-0.1, -0.05) is 41.5 Å². The van der Waals surface area contributed by atoms with Gasteiger partial charge in [0.15, 0.2) is 0 Å². The van der Waals surface area contributed by atoms with Gasteiger partial charge in [0.25, 0.3) is 0 Å². The monoisotopic (exact) mass is 399 g/mol. The Morgan fingerprint density at radius 2 is 1.43 bits per heavy atom. The smallest absolute Gasteiger partial charge is 0.234 e. The van der Waals surface area contributed by atoms with Crippen LogP contribution in [0.2, 0.25) is 0 Å². The lowest BCUT2D eigenvalue weighted by Gasteiger charge is -2.38. The van der Waals surface area contributed by atoms with Gasteiger partial charge in [-0.2, -0.15) is 0 Å². The summed E-state index contributed by atoms with van der Waals surface area (Å²) in [4.78, 5) is 19.3. The summed E-state index contributed by atoms with van der Waals surface area (Å²) in [5.41, 5.74) is 0. The van der Waals surface area contributed by atoms with Gasteiger partial charge in [0.05, 0.1) is 6.54 Å². The van der Waals surface area contributed by atoms with Crippen molar-refractivity contribution in [2.24, 2.45) is 5.92 Å². The Kier molecular flexibility index (Phi) is 16.8. The Bertz CT molecular complexity index is 362. The van der Waals surface area contributed by atoms with Crippen molar-refractivity contribution >= 4 is 5.91 Å². The first-order valence-electron chi connectivity index (χ1n) is 11.7. The van der Waals surface area contributed by atoms with Crippen molar-refractivity contribution in [2.45, 2.75) is 60.4 Å². The first-order chi connectivity index (χ1) is 13.5. The highest BCUT2D eigenvalue weighted by molar-refractivity contribution is 5.78. The van der Waals surface area contributed by atoms with E-state index in [1.165, 1.54) is 32.5 Å². The molecule has 2 aliphatic heterocycles. The molecular weight excluding hydrogens is 350 g/mol. The molecule has 28 heavy (non-hydrogen) atoms. The number of amides is 1. The third-order valence-corrected chi connectivity index (χ3v) is 5.19. The fourth-order valence-electron chi connectivity index (χ4n) is 3.56. The fraction of sp³-hybridized carbons (Fsp3) is 0.955. The van der Waals surface area contributed by atoms with Gasteiger partial charge in [-0.15, -0.1) is 0 Å². The number of piperazine rings is 1. The van der Waals surface area contributed by atoms with Crippen molar-refractivity contribution in [3.63, 3.8) is 0 Å². The summed E-state index contributed by atoms with van der Waals surface area (Å²) in [5, 5.41) is 6.32. The maximum Gasteiger partial charge on any atom is 0.234 e. The molecular formula is C22H49N5O. The second-order valence-electron chi connectivity index (χ2n) is 7.78. The van der Waals surface area contributed by atoms with Crippen LogP contribution in [0.15, 0.2) is 0 Å². The fourth-order valence-corrected chi connectivity index (χ4v) is 3.56. The SMILES string of the molecule is CC.CC.CC(C)NCCNC(=O)CN1CCN(CC2CCN(C)CC2)CC1. The Balaban J connectivity index is 0.00000171. The normalized spacial score (nSPS) is 19.4. The van der Waals surface area contributed by atoms with E-state index in [9.17, 15) is 4.79 Å². The quantitative estimate of drug-likeness (QED) is 0.612. The van der Waals surface area contributed by atoms with Crippen LogP contribution in [-0.4, -0.2) is 99.1 Å². The van der Waals surface area contributed by atoms with Gasteiger partial charge < -0.3 is 20.4 Å². The van der Waals surface area contributed by atoms with E-state index < -0.39 is 0 Å². The van der Waals surface area contributed by atoms with E-state index >= 15 is 0 Å². The van der Waals surface area contributed by atoms with E-state index in [0.717, 1.165) is 38.6 Å². The number of nitrogens with one attached hydrogen (secondary N) is 2. The number of hydrogen-bond donors (Lipinski definition) is 2. The molecule has 6 nitrogen and oxygen atoms in total. The minimum absolute atomic E-state index is 0.157. The highest BCUT2D eigenvalue weighted by atomic mass is 16.2. The predicted octanol–water partition coefficient (Wildman–Crippen LogP) is 2.11. The summed E-state index contributed by atoms with van der Waals surface area (Å²) in [6.45, 7) is 22.3. The van der Waals surface area contributed by atoms with Crippen LogP contribution in [0.5, 0.6) is 0 Å². The standard InChI is InChI=1S/C18H37N5O.2C2H6/c1-16(2)19-6-7-20-18(24)15-23-12-10-22(11-13-23)14-17-4-8-21(3)9-5-17;2*1-2/h16-17,19H,4-15H2,1-3H3,(H,20,24);2*1-2H3. The van der Waals surface area contributed by atoms with Crippen molar-refractivity contribution in [3.05, 3.63) is 0 Å². The zero-order valence-electron chi connectivity index (χ0n) is 19.9. The number of piperidine rings is 1. The van der Waals surface area contributed by atoms with E-state index in [0.29, 0.717) is 19.1 Å². The first kappa shape index (κ1) is 27.3. The van der Waals surface area contributed by atoms with Crippen LogP contribution in [-0.2, 0) is 4.79 Å². The average molecular weight is 400 g/mol. The summed E-state index contributed by atoms with van der Waals surface area (Å²) in [5.74, 6) is 1.02. The molecule has 0 spiro atoms. The van der Waals surface area contributed by atoms with Crippen LogP contribution in [0.25, 0.3) is 0 Å². The molecule has 0 saturated carbocycles. The molecule has 0 aromatic rings. The zero-order valence-corrected chi connectivity index (χ0v) is 19.9. The van der Waals surface area contributed by atoms with Crippen LogP contribution < -0.4 is 10.6 Å². The Morgan fingerprint density at radius 3 is 1.96 bits per heavy atom. The summed E-state index contributed by atoms with van der Waals surface area (Å²) < 4.78 is 0. The van der Waals surface area contributed by atoms with E-state index in [2.05, 4.69) is 46.2 Å². The van der Waals surface area contributed by atoms with Crippen molar-refractivity contribution in [1.82, 2.24) is 25.3 Å². The minimum Gasteiger partial charge on any atom is -0.354 e. The van der Waals surface area contributed by atoms with Crippen molar-refractivity contribution < 1.29 is 4.79 Å². The van der Waals surface area contributed by atoms with E-state index in [-0.39, 0.29) is 5.91 Å². The number of carbonyl (C=O) groups excluding carboxylic acids is 1. The zero-order chi connectivity index (χ0) is 21.4. The van der Waals surface area contributed by atoms with E-state index in [1.54, 1.807) is 0 Å². The summed E-state index contributed by atoms with van der Waals surface area (Å²) in [6.07, 6.45) is 2.67. The molecule has 0 radical (unpaired) electrons. The minimum atomic E-state index is 0.157. The van der Waals surface area contributed by atoms with Crippen molar-refractivity contribution in [2.75, 3.05) is 72.5 Å². The Morgan fingerprint density at radius 1 is 0.893 bits per heavy atom. The second-order valence-corrected chi connectivity index (χ2v) is 7.78. The van der Waals surface area contributed by atoms with Crippen LogP contribution in [0.1, 0.15) is 54.4 Å². The molecule has 6 heteroatoms. The Labute approximate surface area is 175 Å². The highest BCUT2D eigenvalue weighted by Crippen LogP contribution is 2.18. The maximum atomic E-state index is 12.0. The van der Waals surface area contributed by atoms with Gasteiger partial charge >= 0.3 is 0 Å². The van der Waals surface area contributed by atoms with Crippen LogP contribution in [0.4, 0.5) is 0 Å². The van der Waals surface area contributed by atoms with Crippen LogP contribution in [0.3, 0.4) is 0 Å². The molecule has 0 aromatic heterocycles. The van der Waals surface area contributed by atoms with Gasteiger partial charge in [-0.05, 0) is 38.9 Å². The van der Waals surface area contributed by atoms with Gasteiger partial charge in [0.2, 0.25) is 5.91 Å². The topological polar surface area (TPSA) is 50.9 Å². The van der Waals surface area contributed by atoms with Gasteiger partial charge in [-0.3, -0.25) is 9.69 Å². The lowest BCUT2D eigenvalue weighted by molar-refractivity contribution is -0.122. The van der Waals surface area contributed by atoms with Crippen molar-refractivity contribution in [3.8, 4) is 0 Å². The van der Waals surface area contributed by atoms with Gasteiger partial charge in [-0.25, -0.2) is 0 Å². The number of carbonyl (C=O) groups is 1. The molecule has 1 amide bonds.